The van der Waals surface area contributed by atoms with Crippen LogP contribution in [-0.4, -0.2) is 16.3 Å². The molecule has 2 aromatic rings. The quantitative estimate of drug-likeness (QED) is 0.802. The van der Waals surface area contributed by atoms with Gasteiger partial charge in [-0.15, -0.1) is 0 Å². The maximum Gasteiger partial charge on any atom is 0.0625 e. The molecule has 1 N–H and O–H groups in total. The molecule has 0 radical (unpaired) electrons. The van der Waals surface area contributed by atoms with Crippen molar-refractivity contribution in [3.05, 3.63) is 53.3 Å². The number of benzene rings is 1. The first-order valence-electron chi connectivity index (χ1n) is 8.04. The molecule has 0 spiro atoms. The lowest BCUT2D eigenvalue weighted by Crippen LogP contribution is -2.23. The third-order valence-corrected chi connectivity index (χ3v) is 3.94. The third-order valence-electron chi connectivity index (χ3n) is 3.94. The summed E-state index contributed by atoms with van der Waals surface area (Å²) in [4.78, 5) is 0. The van der Waals surface area contributed by atoms with E-state index in [1.54, 1.807) is 0 Å². The highest BCUT2D eigenvalue weighted by Crippen LogP contribution is 2.20. The van der Waals surface area contributed by atoms with Gasteiger partial charge in [-0.25, -0.2) is 0 Å². The van der Waals surface area contributed by atoms with E-state index in [-0.39, 0.29) is 0 Å². The Morgan fingerprint density at radius 3 is 2.57 bits per heavy atom. The van der Waals surface area contributed by atoms with Crippen LogP contribution in [0.25, 0.3) is 0 Å². The summed E-state index contributed by atoms with van der Waals surface area (Å²) >= 11 is 0. The highest BCUT2D eigenvalue weighted by Gasteiger charge is 2.15. The van der Waals surface area contributed by atoms with Crippen LogP contribution in [0.15, 0.2) is 36.4 Å². The van der Waals surface area contributed by atoms with Crippen LogP contribution in [-0.2, 0) is 19.9 Å². The Morgan fingerprint density at radius 2 is 1.95 bits per heavy atom. The van der Waals surface area contributed by atoms with Gasteiger partial charge < -0.3 is 5.32 Å². The van der Waals surface area contributed by atoms with Crippen molar-refractivity contribution < 1.29 is 0 Å². The summed E-state index contributed by atoms with van der Waals surface area (Å²) in [7, 11) is 2.05. The van der Waals surface area contributed by atoms with Gasteiger partial charge in [0.1, 0.15) is 0 Å². The predicted octanol–water partition coefficient (Wildman–Crippen LogP) is 3.66. The maximum atomic E-state index is 4.58. The zero-order chi connectivity index (χ0) is 15.1. The number of hydrogen-bond acceptors (Lipinski definition) is 2. The summed E-state index contributed by atoms with van der Waals surface area (Å²) in [5.74, 6) is 0. The molecule has 1 unspecified atom stereocenters. The van der Waals surface area contributed by atoms with Crippen molar-refractivity contribution in [1.29, 1.82) is 0 Å². The number of nitrogens with one attached hydrogen (secondary N) is 1. The van der Waals surface area contributed by atoms with Gasteiger partial charge in [-0.05, 0) is 43.9 Å². The Hall–Kier alpha value is -1.61. The van der Waals surface area contributed by atoms with Crippen molar-refractivity contribution in [3.8, 4) is 0 Å². The zero-order valence-corrected chi connectivity index (χ0v) is 13.5. The summed E-state index contributed by atoms with van der Waals surface area (Å²) in [6, 6.07) is 13.4. The Labute approximate surface area is 128 Å². The van der Waals surface area contributed by atoms with Crippen molar-refractivity contribution in [3.63, 3.8) is 0 Å². The molecular formula is C18H27N3. The fourth-order valence-corrected chi connectivity index (χ4v) is 2.80. The van der Waals surface area contributed by atoms with E-state index in [0.717, 1.165) is 25.8 Å². The molecule has 1 aromatic heterocycles. The van der Waals surface area contributed by atoms with Gasteiger partial charge in [-0.1, -0.05) is 44.2 Å². The fraction of sp³-hybridized carbons (Fsp3) is 0.500. The van der Waals surface area contributed by atoms with Gasteiger partial charge in [0.2, 0.25) is 0 Å². The average Bonchev–Trinajstić information content (AvgIpc) is 2.88. The third kappa shape index (κ3) is 4.43. The second-order valence-corrected chi connectivity index (χ2v) is 5.53. The zero-order valence-electron chi connectivity index (χ0n) is 13.5. The van der Waals surface area contributed by atoms with E-state index >= 15 is 0 Å². The Morgan fingerprint density at radius 1 is 1.19 bits per heavy atom. The summed E-state index contributed by atoms with van der Waals surface area (Å²) in [6.45, 7) is 5.31. The highest BCUT2D eigenvalue weighted by atomic mass is 15.3. The molecule has 1 atom stereocenters. The first-order valence-corrected chi connectivity index (χ1v) is 8.04. The second-order valence-electron chi connectivity index (χ2n) is 5.53. The van der Waals surface area contributed by atoms with Crippen LogP contribution in [0.1, 0.15) is 49.7 Å². The van der Waals surface area contributed by atoms with E-state index in [2.05, 4.69) is 67.7 Å². The lowest BCUT2D eigenvalue weighted by atomic mass is 10.0. The molecule has 0 aliphatic carbocycles. The van der Waals surface area contributed by atoms with E-state index in [9.17, 15) is 0 Å². The van der Waals surface area contributed by atoms with Crippen LogP contribution in [0, 0.1) is 0 Å². The van der Waals surface area contributed by atoms with Crippen molar-refractivity contribution >= 4 is 0 Å². The average molecular weight is 285 g/mol. The molecule has 0 bridgehead atoms. The molecule has 0 aliphatic heterocycles. The molecular weight excluding hydrogens is 258 g/mol. The predicted molar refractivity (Wildman–Crippen MR) is 88.4 cm³/mol. The van der Waals surface area contributed by atoms with Crippen molar-refractivity contribution in [1.82, 2.24) is 15.1 Å². The Kier molecular flexibility index (Phi) is 6.00. The molecule has 2 rings (SSSR count). The molecule has 0 saturated carbocycles. The molecule has 1 aromatic carbocycles. The maximum absolute atomic E-state index is 4.58. The van der Waals surface area contributed by atoms with Crippen LogP contribution in [0.2, 0.25) is 0 Å². The lowest BCUT2D eigenvalue weighted by molar-refractivity contribution is 0.467. The minimum atomic E-state index is 0.400. The standard InChI is InChI=1S/C18H27N3/c1-4-16-14-18(21(3)20-16)17(19-5-2)13-9-12-15-10-7-6-8-11-15/h6-8,10-11,14,17,19H,4-5,9,12-13H2,1-3H3. The van der Waals surface area contributed by atoms with Crippen molar-refractivity contribution in [2.75, 3.05) is 6.54 Å². The second kappa shape index (κ2) is 7.99. The molecule has 114 valence electrons. The van der Waals surface area contributed by atoms with Gasteiger partial charge in [-0.3, -0.25) is 4.68 Å². The number of aryl methyl sites for hydroxylation is 3. The van der Waals surface area contributed by atoms with Crippen LogP contribution in [0.3, 0.4) is 0 Å². The van der Waals surface area contributed by atoms with Crippen molar-refractivity contribution in [2.45, 2.75) is 45.6 Å². The van der Waals surface area contributed by atoms with Gasteiger partial charge in [-0.2, -0.15) is 5.10 Å². The van der Waals surface area contributed by atoms with E-state index in [4.69, 9.17) is 0 Å². The number of aromatic nitrogens is 2. The van der Waals surface area contributed by atoms with E-state index in [1.807, 2.05) is 4.68 Å². The minimum absolute atomic E-state index is 0.400. The normalized spacial score (nSPS) is 12.5. The smallest absolute Gasteiger partial charge is 0.0625 e. The largest absolute Gasteiger partial charge is 0.309 e. The van der Waals surface area contributed by atoms with Gasteiger partial charge in [0.25, 0.3) is 0 Å². The molecule has 3 nitrogen and oxygen atoms in total. The number of nitrogens with zero attached hydrogens (tertiary/aromatic N) is 2. The molecule has 0 fully saturated rings. The molecule has 1 heterocycles. The molecule has 0 saturated heterocycles. The van der Waals surface area contributed by atoms with E-state index < -0.39 is 0 Å². The monoisotopic (exact) mass is 285 g/mol. The highest BCUT2D eigenvalue weighted by molar-refractivity contribution is 5.16. The molecule has 0 amide bonds. The summed E-state index contributed by atoms with van der Waals surface area (Å²) in [5.41, 5.74) is 3.91. The van der Waals surface area contributed by atoms with Gasteiger partial charge in [0.15, 0.2) is 0 Å². The Balaban J connectivity index is 1.96. The van der Waals surface area contributed by atoms with Crippen LogP contribution >= 0.6 is 0 Å². The van der Waals surface area contributed by atoms with Gasteiger partial charge >= 0.3 is 0 Å². The SMILES string of the molecule is CCNC(CCCc1ccccc1)c1cc(CC)nn1C. The van der Waals surface area contributed by atoms with Crippen LogP contribution < -0.4 is 5.32 Å². The molecule has 3 heteroatoms. The van der Waals surface area contributed by atoms with Gasteiger partial charge in [0.05, 0.1) is 11.4 Å². The number of rotatable bonds is 8. The molecule has 21 heavy (non-hydrogen) atoms. The first-order chi connectivity index (χ1) is 10.2. The van der Waals surface area contributed by atoms with Crippen LogP contribution in [0.4, 0.5) is 0 Å². The molecule has 0 aliphatic rings. The van der Waals surface area contributed by atoms with Crippen molar-refractivity contribution in [2.24, 2.45) is 7.05 Å². The van der Waals surface area contributed by atoms with E-state index in [1.165, 1.54) is 23.4 Å². The minimum Gasteiger partial charge on any atom is -0.309 e. The number of hydrogen-bond donors (Lipinski definition) is 1. The Bertz CT molecular complexity index is 531. The fourth-order valence-electron chi connectivity index (χ4n) is 2.80. The summed E-state index contributed by atoms with van der Waals surface area (Å²) in [6.07, 6.45) is 4.47. The summed E-state index contributed by atoms with van der Waals surface area (Å²) < 4.78 is 2.04. The topological polar surface area (TPSA) is 29.9 Å². The summed E-state index contributed by atoms with van der Waals surface area (Å²) in [5, 5.41) is 8.18. The van der Waals surface area contributed by atoms with E-state index in [0.29, 0.717) is 6.04 Å². The lowest BCUT2D eigenvalue weighted by Gasteiger charge is -2.18. The van der Waals surface area contributed by atoms with Gasteiger partial charge in [0, 0.05) is 13.1 Å². The van der Waals surface area contributed by atoms with Crippen LogP contribution in [0.5, 0.6) is 0 Å². The first kappa shape index (κ1) is 15.8.